The van der Waals surface area contributed by atoms with Gasteiger partial charge in [0.1, 0.15) is 0 Å². The van der Waals surface area contributed by atoms with Crippen molar-refractivity contribution < 1.29 is 24.5 Å². The summed E-state index contributed by atoms with van der Waals surface area (Å²) in [4.78, 5) is 11.6. The van der Waals surface area contributed by atoms with E-state index in [4.69, 9.17) is 14.6 Å². The number of carbonyl (C=O) groups excluding carboxylic acids is 1. The van der Waals surface area contributed by atoms with Gasteiger partial charge in [-0.25, -0.2) is 0 Å². The van der Waals surface area contributed by atoms with Gasteiger partial charge in [0.25, 0.3) is 0 Å². The van der Waals surface area contributed by atoms with E-state index < -0.39 is 0 Å². The van der Waals surface area contributed by atoms with Gasteiger partial charge in [-0.2, -0.15) is 0 Å². The Morgan fingerprint density at radius 3 is 2.88 bits per heavy atom. The maximum Gasteiger partial charge on any atom is 0.306 e. The molecule has 2 aliphatic rings. The maximum atomic E-state index is 11.6. The molecule has 0 amide bonds. The van der Waals surface area contributed by atoms with Gasteiger partial charge in [0.2, 0.25) is 0 Å². The predicted molar refractivity (Wildman–Crippen MR) is 91.4 cm³/mol. The van der Waals surface area contributed by atoms with Crippen molar-refractivity contribution in [1.29, 1.82) is 0 Å². The van der Waals surface area contributed by atoms with Gasteiger partial charge in [-0.05, 0) is 51.4 Å². The van der Waals surface area contributed by atoms with Crippen LogP contribution in [0.1, 0.15) is 52.4 Å². The van der Waals surface area contributed by atoms with Gasteiger partial charge >= 0.3 is 5.97 Å². The molecular weight excluding hydrogens is 308 g/mol. The Bertz CT molecular complexity index is 420. The third-order valence-electron chi connectivity index (χ3n) is 5.17. The number of ether oxygens (including phenoxy) is 2. The summed E-state index contributed by atoms with van der Waals surface area (Å²) in [6, 6.07) is 0. The first-order valence-electron chi connectivity index (χ1n) is 9.28. The van der Waals surface area contributed by atoms with Gasteiger partial charge in [0, 0.05) is 25.4 Å². The number of esters is 1. The van der Waals surface area contributed by atoms with Crippen molar-refractivity contribution >= 4 is 5.97 Å². The molecule has 1 aliphatic carbocycles. The number of hydrogen-bond donors (Lipinski definition) is 2. The molecule has 24 heavy (non-hydrogen) atoms. The average molecular weight is 340 g/mol. The third kappa shape index (κ3) is 5.57. The summed E-state index contributed by atoms with van der Waals surface area (Å²) in [6.45, 7) is 4.46. The monoisotopic (exact) mass is 340 g/mol. The molecular formula is C19H32O5. The van der Waals surface area contributed by atoms with Crippen LogP contribution in [-0.2, 0) is 14.3 Å². The molecule has 2 fully saturated rings. The SMILES string of the molecule is CC(C)OC(=O)CCC[C@H]1CC[C@@H]2[C@@H](/C=C/CO)[C@H](O)C[C@@H]2OC1. The Labute approximate surface area is 145 Å². The molecule has 0 aromatic rings. The molecule has 5 nitrogen and oxygen atoms in total. The second-order valence-corrected chi connectivity index (χ2v) is 7.40. The lowest BCUT2D eigenvalue weighted by atomic mass is 9.86. The summed E-state index contributed by atoms with van der Waals surface area (Å²) in [5, 5.41) is 19.2. The molecule has 0 aromatic heterocycles. The van der Waals surface area contributed by atoms with Crippen LogP contribution in [0, 0.1) is 17.8 Å². The largest absolute Gasteiger partial charge is 0.463 e. The highest BCUT2D eigenvalue weighted by atomic mass is 16.5. The summed E-state index contributed by atoms with van der Waals surface area (Å²) in [6.07, 6.45) is 8.43. The second kappa shape index (κ2) is 9.54. The molecule has 0 unspecified atom stereocenters. The zero-order valence-electron chi connectivity index (χ0n) is 14.9. The topological polar surface area (TPSA) is 76.0 Å². The summed E-state index contributed by atoms with van der Waals surface area (Å²) in [5.41, 5.74) is 0. The molecule has 5 heteroatoms. The first-order valence-corrected chi connectivity index (χ1v) is 9.28. The average Bonchev–Trinajstić information content (AvgIpc) is 2.68. The van der Waals surface area contributed by atoms with Crippen molar-refractivity contribution in [1.82, 2.24) is 0 Å². The molecule has 1 aliphatic heterocycles. The predicted octanol–water partition coefficient (Wildman–Crippen LogP) is 2.45. The minimum absolute atomic E-state index is 0.0105. The highest BCUT2D eigenvalue weighted by Crippen LogP contribution is 2.41. The van der Waals surface area contributed by atoms with Crippen molar-refractivity contribution in [2.24, 2.45) is 17.8 Å². The fraction of sp³-hybridized carbons (Fsp3) is 0.842. The number of hydrogen-bond acceptors (Lipinski definition) is 5. The molecule has 1 saturated heterocycles. The normalized spacial score (nSPS) is 33.6. The molecule has 5 atom stereocenters. The Kier molecular flexibility index (Phi) is 7.72. The number of fused-ring (bicyclic) bond motifs is 1. The van der Waals surface area contributed by atoms with Gasteiger partial charge in [0.05, 0.1) is 24.9 Å². The van der Waals surface area contributed by atoms with Crippen LogP contribution in [0.15, 0.2) is 12.2 Å². The summed E-state index contributed by atoms with van der Waals surface area (Å²) >= 11 is 0. The third-order valence-corrected chi connectivity index (χ3v) is 5.17. The zero-order valence-corrected chi connectivity index (χ0v) is 14.9. The fourth-order valence-corrected chi connectivity index (χ4v) is 4.02. The van der Waals surface area contributed by atoms with E-state index in [9.17, 15) is 9.90 Å². The second-order valence-electron chi connectivity index (χ2n) is 7.40. The van der Waals surface area contributed by atoms with Crippen molar-refractivity contribution in [3.05, 3.63) is 12.2 Å². The number of carbonyl (C=O) groups is 1. The molecule has 1 heterocycles. The van der Waals surface area contributed by atoms with Crippen molar-refractivity contribution in [2.45, 2.75) is 70.7 Å². The first kappa shape index (κ1) is 19.4. The molecule has 1 saturated carbocycles. The van der Waals surface area contributed by atoms with Crippen LogP contribution in [0.3, 0.4) is 0 Å². The van der Waals surface area contributed by atoms with Crippen LogP contribution in [0.25, 0.3) is 0 Å². The van der Waals surface area contributed by atoms with Gasteiger partial charge in [0.15, 0.2) is 0 Å². The van der Waals surface area contributed by atoms with Gasteiger partial charge in [-0.3, -0.25) is 4.79 Å². The number of rotatable bonds is 7. The first-order chi connectivity index (χ1) is 11.5. The lowest BCUT2D eigenvalue weighted by molar-refractivity contribution is -0.147. The van der Waals surface area contributed by atoms with E-state index in [-0.39, 0.29) is 36.8 Å². The Morgan fingerprint density at radius 2 is 2.17 bits per heavy atom. The Hall–Kier alpha value is -0.910. The van der Waals surface area contributed by atoms with Crippen LogP contribution in [0.2, 0.25) is 0 Å². The smallest absolute Gasteiger partial charge is 0.306 e. The van der Waals surface area contributed by atoms with E-state index in [2.05, 4.69) is 0 Å². The minimum atomic E-state index is -0.370. The van der Waals surface area contributed by atoms with E-state index in [1.807, 2.05) is 19.9 Å². The molecule has 2 rings (SSSR count). The lowest BCUT2D eigenvalue weighted by Crippen LogP contribution is -2.21. The van der Waals surface area contributed by atoms with Gasteiger partial charge < -0.3 is 19.7 Å². The molecule has 0 radical (unpaired) electrons. The van der Waals surface area contributed by atoms with Gasteiger partial charge in [-0.1, -0.05) is 12.2 Å². The summed E-state index contributed by atoms with van der Waals surface area (Å²) in [7, 11) is 0. The summed E-state index contributed by atoms with van der Waals surface area (Å²) in [5.74, 6) is 0.774. The van der Waals surface area contributed by atoms with E-state index in [1.165, 1.54) is 0 Å². The van der Waals surface area contributed by atoms with Crippen LogP contribution >= 0.6 is 0 Å². The quantitative estimate of drug-likeness (QED) is 0.550. The van der Waals surface area contributed by atoms with Crippen molar-refractivity contribution in [3.8, 4) is 0 Å². The standard InChI is InChI=1S/C19H32O5/c1-13(2)24-19(22)7-3-5-14-8-9-16-15(6-4-10-20)17(21)11-18(16)23-12-14/h4,6,13-18,20-21H,3,5,7-12H2,1-2H3/b6-4+/t14-,15+,16+,17+,18-/m0/s1. The highest BCUT2D eigenvalue weighted by molar-refractivity contribution is 5.69. The molecule has 2 N–H and O–H groups in total. The number of aliphatic hydroxyl groups is 2. The van der Waals surface area contributed by atoms with Crippen LogP contribution in [-0.4, -0.2) is 47.7 Å². The zero-order chi connectivity index (χ0) is 17.5. The van der Waals surface area contributed by atoms with Crippen LogP contribution < -0.4 is 0 Å². The highest BCUT2D eigenvalue weighted by Gasteiger charge is 2.43. The molecule has 0 spiro atoms. The van der Waals surface area contributed by atoms with Crippen molar-refractivity contribution in [2.75, 3.05) is 13.2 Å². The summed E-state index contributed by atoms with van der Waals surface area (Å²) < 4.78 is 11.2. The van der Waals surface area contributed by atoms with Crippen LogP contribution in [0.4, 0.5) is 0 Å². The molecule has 0 bridgehead atoms. The Morgan fingerprint density at radius 1 is 1.38 bits per heavy atom. The Balaban J connectivity index is 1.77. The molecule has 0 aromatic carbocycles. The van der Waals surface area contributed by atoms with Crippen molar-refractivity contribution in [3.63, 3.8) is 0 Å². The van der Waals surface area contributed by atoms with E-state index in [1.54, 1.807) is 6.08 Å². The maximum absolute atomic E-state index is 11.6. The van der Waals surface area contributed by atoms with Crippen LogP contribution in [0.5, 0.6) is 0 Å². The number of aliphatic hydroxyl groups excluding tert-OH is 2. The fourth-order valence-electron chi connectivity index (χ4n) is 4.02. The van der Waals surface area contributed by atoms with Gasteiger partial charge in [-0.15, -0.1) is 0 Å². The molecule has 138 valence electrons. The van der Waals surface area contributed by atoms with E-state index in [0.717, 1.165) is 25.7 Å². The lowest BCUT2D eigenvalue weighted by Gasteiger charge is -2.20. The van der Waals surface area contributed by atoms with E-state index in [0.29, 0.717) is 31.3 Å². The van der Waals surface area contributed by atoms with E-state index >= 15 is 0 Å². The minimum Gasteiger partial charge on any atom is -0.463 e.